The number of benzene rings is 1. The monoisotopic (exact) mass is 324 g/mol. The van der Waals surface area contributed by atoms with Crippen molar-refractivity contribution in [1.29, 1.82) is 0 Å². The first-order chi connectivity index (χ1) is 9.66. The third-order valence-electron chi connectivity index (χ3n) is 2.99. The average Bonchev–Trinajstić information content (AvgIpc) is 2.48. The fraction of sp³-hybridized carbons (Fsp3) is 0.143. The number of anilines is 1. The minimum Gasteiger partial charge on any atom is -0.305 e. The molecule has 0 atom stereocenters. The predicted octanol–water partition coefficient (Wildman–Crippen LogP) is 4.14. The Bertz CT molecular complexity index is 678. The standard InChI is InChI=1S/C14H10Cl2N2OS/c15-9-5-6-12(16)17-13(9)14(19)18-7-8-20-11-4-2-1-3-10(11)18/h1-6H,7-8H2. The van der Waals surface area contributed by atoms with Gasteiger partial charge in [-0.3, -0.25) is 4.79 Å². The van der Waals surface area contributed by atoms with Gasteiger partial charge in [-0.1, -0.05) is 35.3 Å². The number of fused-ring (bicyclic) bond motifs is 1. The van der Waals surface area contributed by atoms with Gasteiger partial charge in [-0.05, 0) is 24.3 Å². The fourth-order valence-electron chi connectivity index (χ4n) is 2.08. The van der Waals surface area contributed by atoms with Gasteiger partial charge in [0.25, 0.3) is 5.91 Å². The molecule has 102 valence electrons. The maximum atomic E-state index is 12.6. The van der Waals surface area contributed by atoms with E-state index in [0.29, 0.717) is 11.6 Å². The van der Waals surface area contributed by atoms with E-state index >= 15 is 0 Å². The van der Waals surface area contributed by atoms with Gasteiger partial charge in [0.05, 0.1) is 10.7 Å². The van der Waals surface area contributed by atoms with E-state index < -0.39 is 0 Å². The van der Waals surface area contributed by atoms with Crippen molar-refractivity contribution >= 4 is 46.6 Å². The first kappa shape index (κ1) is 13.7. The number of aromatic nitrogens is 1. The van der Waals surface area contributed by atoms with Crippen molar-refractivity contribution in [3.63, 3.8) is 0 Å². The molecule has 6 heteroatoms. The van der Waals surface area contributed by atoms with E-state index in [4.69, 9.17) is 23.2 Å². The lowest BCUT2D eigenvalue weighted by Crippen LogP contribution is -2.36. The van der Waals surface area contributed by atoms with Gasteiger partial charge >= 0.3 is 0 Å². The summed E-state index contributed by atoms with van der Waals surface area (Å²) in [7, 11) is 0. The number of hydrogen-bond acceptors (Lipinski definition) is 3. The number of pyridine rings is 1. The fourth-order valence-corrected chi connectivity index (χ4v) is 3.40. The lowest BCUT2D eigenvalue weighted by atomic mass is 10.2. The number of carbonyl (C=O) groups is 1. The number of para-hydroxylation sites is 1. The van der Waals surface area contributed by atoms with Crippen LogP contribution in [0.15, 0.2) is 41.3 Å². The Balaban J connectivity index is 2.02. The van der Waals surface area contributed by atoms with Crippen LogP contribution in [0.2, 0.25) is 10.2 Å². The molecule has 0 spiro atoms. The van der Waals surface area contributed by atoms with Crippen LogP contribution in [0, 0.1) is 0 Å². The third kappa shape index (κ3) is 2.51. The minimum atomic E-state index is -0.217. The highest BCUT2D eigenvalue weighted by molar-refractivity contribution is 7.99. The normalized spacial score (nSPS) is 14.0. The van der Waals surface area contributed by atoms with E-state index in [1.165, 1.54) is 0 Å². The van der Waals surface area contributed by atoms with Gasteiger partial charge < -0.3 is 4.90 Å². The Morgan fingerprint density at radius 2 is 2.00 bits per heavy atom. The Kier molecular flexibility index (Phi) is 3.87. The van der Waals surface area contributed by atoms with Gasteiger partial charge in [-0.15, -0.1) is 11.8 Å². The zero-order valence-corrected chi connectivity index (χ0v) is 12.7. The summed E-state index contributed by atoms with van der Waals surface area (Å²) >= 11 is 13.7. The predicted molar refractivity (Wildman–Crippen MR) is 83.1 cm³/mol. The molecule has 1 aliphatic rings. The molecular weight excluding hydrogens is 315 g/mol. The van der Waals surface area contributed by atoms with Crippen LogP contribution < -0.4 is 4.90 Å². The molecule has 0 aliphatic carbocycles. The second-order valence-corrected chi connectivity index (χ2v) is 6.17. The molecule has 0 fully saturated rings. The van der Waals surface area contributed by atoms with E-state index in [0.717, 1.165) is 16.3 Å². The maximum Gasteiger partial charge on any atom is 0.278 e. The van der Waals surface area contributed by atoms with Crippen LogP contribution in [-0.4, -0.2) is 23.2 Å². The summed E-state index contributed by atoms with van der Waals surface area (Å²) in [5.41, 5.74) is 1.09. The maximum absolute atomic E-state index is 12.6. The van der Waals surface area contributed by atoms with Crippen LogP contribution in [0.25, 0.3) is 0 Å². The van der Waals surface area contributed by atoms with Crippen molar-refractivity contribution in [3.05, 3.63) is 52.3 Å². The van der Waals surface area contributed by atoms with Crippen molar-refractivity contribution < 1.29 is 4.79 Å². The number of thioether (sulfide) groups is 1. The van der Waals surface area contributed by atoms with Crippen molar-refractivity contribution in [2.45, 2.75) is 4.90 Å². The molecule has 2 heterocycles. The number of amides is 1. The number of halogens is 2. The number of nitrogens with zero attached hydrogens (tertiary/aromatic N) is 2. The van der Waals surface area contributed by atoms with Crippen molar-refractivity contribution in [1.82, 2.24) is 4.98 Å². The van der Waals surface area contributed by atoms with Crippen LogP contribution >= 0.6 is 35.0 Å². The number of carbonyl (C=O) groups excluding carboxylic acids is 1. The molecule has 1 aromatic carbocycles. The van der Waals surface area contributed by atoms with E-state index in [9.17, 15) is 4.79 Å². The van der Waals surface area contributed by atoms with Crippen molar-refractivity contribution in [2.24, 2.45) is 0 Å². The highest BCUT2D eigenvalue weighted by Crippen LogP contribution is 2.35. The zero-order valence-electron chi connectivity index (χ0n) is 10.3. The molecule has 0 radical (unpaired) electrons. The van der Waals surface area contributed by atoms with Gasteiger partial charge in [0.15, 0.2) is 0 Å². The Hall–Kier alpha value is -1.23. The highest BCUT2D eigenvalue weighted by Gasteiger charge is 2.26. The first-order valence-corrected chi connectivity index (χ1v) is 7.77. The van der Waals surface area contributed by atoms with Gasteiger partial charge in [0.1, 0.15) is 10.8 Å². The molecule has 3 rings (SSSR count). The second kappa shape index (κ2) is 5.64. The summed E-state index contributed by atoms with van der Waals surface area (Å²) in [6, 6.07) is 11.0. The molecule has 0 saturated carbocycles. The lowest BCUT2D eigenvalue weighted by Gasteiger charge is -2.28. The number of hydrogen-bond donors (Lipinski definition) is 0. The summed E-state index contributed by atoms with van der Waals surface area (Å²) in [5, 5.41) is 0.576. The smallest absolute Gasteiger partial charge is 0.278 e. The van der Waals surface area contributed by atoms with E-state index in [1.54, 1.807) is 28.8 Å². The van der Waals surface area contributed by atoms with E-state index in [2.05, 4.69) is 4.98 Å². The summed E-state index contributed by atoms with van der Waals surface area (Å²) in [6.07, 6.45) is 0. The van der Waals surface area contributed by atoms with Gasteiger partial charge in [0, 0.05) is 17.2 Å². The van der Waals surface area contributed by atoms with E-state index in [1.807, 2.05) is 24.3 Å². The molecule has 20 heavy (non-hydrogen) atoms. The SMILES string of the molecule is O=C(c1nc(Cl)ccc1Cl)N1CCSc2ccccc21. The van der Waals surface area contributed by atoms with Crippen LogP contribution in [-0.2, 0) is 0 Å². The zero-order chi connectivity index (χ0) is 14.1. The van der Waals surface area contributed by atoms with Crippen LogP contribution in [0.1, 0.15) is 10.5 Å². The molecular formula is C14H10Cl2N2OS. The summed E-state index contributed by atoms with van der Waals surface area (Å²) in [4.78, 5) is 19.5. The Labute approximate surface area is 130 Å². The molecule has 0 bridgehead atoms. The lowest BCUT2D eigenvalue weighted by molar-refractivity contribution is 0.0983. The van der Waals surface area contributed by atoms with E-state index in [-0.39, 0.29) is 16.8 Å². The average molecular weight is 325 g/mol. The minimum absolute atomic E-state index is 0.195. The molecule has 0 N–H and O–H groups in total. The quantitative estimate of drug-likeness (QED) is 0.739. The summed E-state index contributed by atoms with van der Waals surface area (Å²) in [5.74, 6) is 0.631. The van der Waals surface area contributed by atoms with Crippen LogP contribution in [0.4, 0.5) is 5.69 Å². The summed E-state index contributed by atoms with van der Waals surface area (Å²) in [6.45, 7) is 0.630. The number of rotatable bonds is 1. The molecule has 0 unspecified atom stereocenters. The molecule has 1 aliphatic heterocycles. The topological polar surface area (TPSA) is 33.2 Å². The second-order valence-electron chi connectivity index (χ2n) is 4.24. The van der Waals surface area contributed by atoms with Crippen LogP contribution in [0.5, 0.6) is 0 Å². The van der Waals surface area contributed by atoms with Gasteiger partial charge in [0.2, 0.25) is 0 Å². The molecule has 1 amide bonds. The third-order valence-corrected chi connectivity index (χ3v) is 4.55. The van der Waals surface area contributed by atoms with Crippen molar-refractivity contribution in [2.75, 3.05) is 17.2 Å². The molecule has 0 saturated heterocycles. The summed E-state index contributed by atoms with van der Waals surface area (Å²) < 4.78 is 0. The highest BCUT2D eigenvalue weighted by atomic mass is 35.5. The first-order valence-electron chi connectivity index (χ1n) is 6.02. The van der Waals surface area contributed by atoms with Gasteiger partial charge in [-0.25, -0.2) is 4.98 Å². The molecule has 1 aromatic heterocycles. The van der Waals surface area contributed by atoms with Crippen LogP contribution in [0.3, 0.4) is 0 Å². The van der Waals surface area contributed by atoms with Gasteiger partial charge in [-0.2, -0.15) is 0 Å². The largest absolute Gasteiger partial charge is 0.305 e. The Morgan fingerprint density at radius 3 is 2.85 bits per heavy atom. The Morgan fingerprint density at radius 1 is 1.20 bits per heavy atom. The molecule has 3 nitrogen and oxygen atoms in total. The van der Waals surface area contributed by atoms with Crippen molar-refractivity contribution in [3.8, 4) is 0 Å². The molecule has 2 aromatic rings.